The highest BCUT2D eigenvalue weighted by Crippen LogP contribution is 2.13. The summed E-state index contributed by atoms with van der Waals surface area (Å²) in [6, 6.07) is 1.59. The summed E-state index contributed by atoms with van der Waals surface area (Å²) >= 11 is 3.07. The van der Waals surface area contributed by atoms with Gasteiger partial charge in [0, 0.05) is 6.07 Å². The van der Waals surface area contributed by atoms with Gasteiger partial charge in [-0.1, -0.05) is 0 Å². The van der Waals surface area contributed by atoms with E-state index in [1.807, 2.05) is 0 Å². The van der Waals surface area contributed by atoms with Crippen molar-refractivity contribution in [2.45, 2.75) is 0 Å². The molecule has 0 saturated carbocycles. The lowest BCUT2D eigenvalue weighted by Crippen LogP contribution is -2.12. The molecule has 0 amide bonds. The molecule has 4 heteroatoms. The zero-order valence-corrected chi connectivity index (χ0v) is 6.72. The van der Waals surface area contributed by atoms with Crippen molar-refractivity contribution in [2.75, 3.05) is 6.54 Å². The monoisotopic (exact) mass is 203 g/mol. The molecule has 0 aliphatic heterocycles. The van der Waals surface area contributed by atoms with Gasteiger partial charge in [-0.2, -0.15) is 0 Å². The van der Waals surface area contributed by atoms with Gasteiger partial charge in [0.2, 0.25) is 0 Å². The van der Waals surface area contributed by atoms with Crippen LogP contribution in [-0.4, -0.2) is 12.3 Å². The summed E-state index contributed by atoms with van der Waals surface area (Å²) in [5.74, 6) is -0.116. The summed E-state index contributed by atoms with van der Waals surface area (Å²) in [5, 5.41) is 0. The van der Waals surface area contributed by atoms with Crippen LogP contribution in [0.25, 0.3) is 0 Å². The largest absolute Gasteiger partial charge is 0.457 e. The van der Waals surface area contributed by atoms with Crippen LogP contribution in [0, 0.1) is 0 Å². The van der Waals surface area contributed by atoms with Crippen LogP contribution in [0.3, 0.4) is 0 Å². The van der Waals surface area contributed by atoms with Crippen molar-refractivity contribution in [3.63, 3.8) is 0 Å². The van der Waals surface area contributed by atoms with E-state index in [9.17, 15) is 4.79 Å². The number of furan rings is 1. The van der Waals surface area contributed by atoms with Crippen LogP contribution in [-0.2, 0) is 0 Å². The molecule has 1 rings (SSSR count). The quantitative estimate of drug-likeness (QED) is 0.736. The molecule has 0 radical (unpaired) electrons. The van der Waals surface area contributed by atoms with E-state index in [0.29, 0.717) is 10.2 Å². The summed E-state index contributed by atoms with van der Waals surface area (Å²) in [6.07, 6.45) is 1.37. The third kappa shape index (κ3) is 1.46. The molecule has 0 unspecified atom stereocenters. The molecular weight excluding hydrogens is 198 g/mol. The van der Waals surface area contributed by atoms with E-state index in [0.717, 1.165) is 0 Å². The molecule has 0 saturated heterocycles. The van der Waals surface area contributed by atoms with Crippen molar-refractivity contribution < 1.29 is 9.21 Å². The summed E-state index contributed by atoms with van der Waals surface area (Å²) in [5.41, 5.74) is 5.62. The molecule has 0 spiro atoms. The number of rotatable bonds is 2. The number of hydrogen-bond acceptors (Lipinski definition) is 3. The molecule has 1 aromatic rings. The van der Waals surface area contributed by atoms with Crippen molar-refractivity contribution in [1.29, 1.82) is 0 Å². The van der Waals surface area contributed by atoms with Crippen LogP contribution in [0.15, 0.2) is 21.4 Å². The fourth-order valence-electron chi connectivity index (χ4n) is 0.574. The second-order valence-electron chi connectivity index (χ2n) is 1.77. The molecule has 3 nitrogen and oxygen atoms in total. The SMILES string of the molecule is NCC(=O)c1coc(Br)c1. The van der Waals surface area contributed by atoms with Crippen LogP contribution in [0.5, 0.6) is 0 Å². The van der Waals surface area contributed by atoms with E-state index < -0.39 is 0 Å². The Morgan fingerprint density at radius 2 is 2.50 bits per heavy atom. The average Bonchev–Trinajstić information content (AvgIpc) is 2.34. The number of Topliss-reactive ketones (excluding diaryl/α,β-unsaturated/α-hetero) is 1. The first kappa shape index (κ1) is 7.50. The van der Waals surface area contributed by atoms with Gasteiger partial charge in [0.1, 0.15) is 6.26 Å². The standard InChI is InChI=1S/C6H6BrNO2/c7-6-1-4(3-10-6)5(9)2-8/h1,3H,2,8H2. The van der Waals surface area contributed by atoms with Gasteiger partial charge in [-0.05, 0) is 15.9 Å². The first-order valence-electron chi connectivity index (χ1n) is 2.71. The minimum atomic E-state index is -0.116. The smallest absolute Gasteiger partial charge is 0.179 e. The molecule has 0 aliphatic rings. The summed E-state index contributed by atoms with van der Waals surface area (Å²) in [7, 11) is 0. The first-order valence-corrected chi connectivity index (χ1v) is 3.50. The lowest BCUT2D eigenvalue weighted by Gasteiger charge is -1.85. The molecule has 0 aromatic carbocycles. The maximum absolute atomic E-state index is 10.8. The van der Waals surface area contributed by atoms with Gasteiger partial charge in [-0.25, -0.2) is 0 Å². The fraction of sp³-hybridized carbons (Fsp3) is 0.167. The normalized spacial score (nSPS) is 9.80. The highest BCUT2D eigenvalue weighted by Gasteiger charge is 2.05. The number of hydrogen-bond donors (Lipinski definition) is 1. The Hall–Kier alpha value is -0.610. The first-order chi connectivity index (χ1) is 4.74. The minimum Gasteiger partial charge on any atom is -0.457 e. The van der Waals surface area contributed by atoms with Crippen LogP contribution in [0.2, 0.25) is 0 Å². The number of carbonyl (C=O) groups excluding carboxylic acids is 1. The highest BCUT2D eigenvalue weighted by molar-refractivity contribution is 9.10. The Bertz CT molecular complexity index is 244. The van der Waals surface area contributed by atoms with Gasteiger partial charge in [0.15, 0.2) is 10.5 Å². The minimum absolute atomic E-state index is 0.0198. The summed E-state index contributed by atoms with van der Waals surface area (Å²) in [4.78, 5) is 10.8. The Morgan fingerprint density at radius 3 is 2.90 bits per heavy atom. The van der Waals surface area contributed by atoms with Crippen molar-refractivity contribution in [1.82, 2.24) is 0 Å². The zero-order valence-electron chi connectivity index (χ0n) is 5.13. The maximum atomic E-state index is 10.8. The van der Waals surface area contributed by atoms with E-state index in [-0.39, 0.29) is 12.3 Å². The molecule has 1 heterocycles. The molecule has 54 valence electrons. The Morgan fingerprint density at radius 1 is 1.80 bits per heavy atom. The average molecular weight is 204 g/mol. The Kier molecular flexibility index (Phi) is 2.24. The molecule has 0 atom stereocenters. The highest BCUT2D eigenvalue weighted by atomic mass is 79.9. The molecular formula is C6H6BrNO2. The second-order valence-corrected chi connectivity index (χ2v) is 2.55. The number of carbonyl (C=O) groups is 1. The van der Waals surface area contributed by atoms with E-state index in [4.69, 9.17) is 10.2 Å². The third-order valence-electron chi connectivity index (χ3n) is 1.07. The van der Waals surface area contributed by atoms with E-state index >= 15 is 0 Å². The van der Waals surface area contributed by atoms with Crippen molar-refractivity contribution in [3.8, 4) is 0 Å². The van der Waals surface area contributed by atoms with Crippen molar-refractivity contribution in [2.24, 2.45) is 5.73 Å². The maximum Gasteiger partial charge on any atom is 0.179 e. The Labute approximate surface area is 66.3 Å². The van der Waals surface area contributed by atoms with Crippen LogP contribution < -0.4 is 5.73 Å². The lowest BCUT2D eigenvalue weighted by atomic mass is 10.2. The topological polar surface area (TPSA) is 56.2 Å². The molecule has 0 bridgehead atoms. The van der Waals surface area contributed by atoms with Gasteiger partial charge in [0.05, 0.1) is 12.1 Å². The number of nitrogens with two attached hydrogens (primary N) is 1. The predicted octanol–water partition coefficient (Wildman–Crippen LogP) is 1.18. The van der Waals surface area contributed by atoms with Gasteiger partial charge in [-0.3, -0.25) is 4.79 Å². The van der Waals surface area contributed by atoms with Crippen LogP contribution >= 0.6 is 15.9 Å². The van der Waals surface area contributed by atoms with E-state index in [1.165, 1.54) is 6.26 Å². The molecule has 0 fully saturated rings. The summed E-state index contributed by atoms with van der Waals surface area (Å²) in [6.45, 7) is 0.0198. The zero-order chi connectivity index (χ0) is 7.56. The summed E-state index contributed by atoms with van der Waals surface area (Å²) < 4.78 is 5.37. The van der Waals surface area contributed by atoms with Crippen LogP contribution in [0.4, 0.5) is 0 Å². The molecule has 2 N–H and O–H groups in total. The van der Waals surface area contributed by atoms with E-state index in [1.54, 1.807) is 6.07 Å². The van der Waals surface area contributed by atoms with Gasteiger partial charge in [-0.15, -0.1) is 0 Å². The van der Waals surface area contributed by atoms with Crippen molar-refractivity contribution >= 4 is 21.7 Å². The Balaban J connectivity index is 2.85. The third-order valence-corrected chi connectivity index (χ3v) is 1.49. The van der Waals surface area contributed by atoms with Gasteiger partial charge in [0.25, 0.3) is 0 Å². The van der Waals surface area contributed by atoms with Gasteiger partial charge < -0.3 is 10.2 Å². The lowest BCUT2D eigenvalue weighted by molar-refractivity contribution is 0.100. The fourth-order valence-corrected chi connectivity index (χ4v) is 0.914. The van der Waals surface area contributed by atoms with Crippen molar-refractivity contribution in [3.05, 3.63) is 22.6 Å². The van der Waals surface area contributed by atoms with Crippen LogP contribution in [0.1, 0.15) is 10.4 Å². The number of halogens is 1. The molecule has 10 heavy (non-hydrogen) atoms. The molecule has 0 aliphatic carbocycles. The predicted molar refractivity (Wildman–Crippen MR) is 39.8 cm³/mol. The van der Waals surface area contributed by atoms with E-state index in [2.05, 4.69) is 15.9 Å². The number of ketones is 1. The van der Waals surface area contributed by atoms with Gasteiger partial charge >= 0.3 is 0 Å². The second kappa shape index (κ2) is 2.98. The molecule has 1 aromatic heterocycles.